The van der Waals surface area contributed by atoms with Crippen LogP contribution < -0.4 is 0 Å². The van der Waals surface area contributed by atoms with Crippen molar-refractivity contribution in [2.24, 2.45) is 11.8 Å². The molecule has 2 bridgehead atoms. The topological polar surface area (TPSA) is 17.1 Å². The molecule has 3 aliphatic carbocycles. The van der Waals surface area contributed by atoms with Crippen molar-refractivity contribution in [3.05, 3.63) is 0 Å². The lowest BCUT2D eigenvalue weighted by Crippen LogP contribution is -2.55. The highest BCUT2D eigenvalue weighted by Crippen LogP contribution is 2.56. The van der Waals surface area contributed by atoms with Crippen molar-refractivity contribution in [1.29, 1.82) is 0 Å². The van der Waals surface area contributed by atoms with Crippen molar-refractivity contribution in [2.75, 3.05) is 0 Å². The average Bonchev–Trinajstić information content (AvgIpc) is 1.87. The van der Waals surface area contributed by atoms with Gasteiger partial charge >= 0.3 is 0 Å². The van der Waals surface area contributed by atoms with Gasteiger partial charge in [0.05, 0.1) is 0 Å². The molecule has 10 heavy (non-hydrogen) atoms. The molecule has 1 unspecified atom stereocenters. The monoisotopic (exact) mass is 250 g/mol. The average molecular weight is 250 g/mol. The Morgan fingerprint density at radius 3 is 2.70 bits per heavy atom. The van der Waals surface area contributed by atoms with Gasteiger partial charge in [-0.3, -0.25) is 4.79 Å². The van der Waals surface area contributed by atoms with Gasteiger partial charge in [-0.25, -0.2) is 0 Å². The highest BCUT2D eigenvalue weighted by molar-refractivity contribution is 14.1. The molecule has 1 nitrogen and oxygen atoms in total. The van der Waals surface area contributed by atoms with E-state index >= 15 is 0 Å². The summed E-state index contributed by atoms with van der Waals surface area (Å²) in [5, 5.41) is 0. The zero-order chi connectivity index (χ0) is 7.35. The Hall–Kier alpha value is 0.400. The smallest absolute Gasteiger partial charge is 0.137 e. The lowest BCUT2D eigenvalue weighted by atomic mass is 9.57. The molecule has 3 aliphatic rings. The van der Waals surface area contributed by atoms with Gasteiger partial charge in [-0.2, -0.15) is 0 Å². The van der Waals surface area contributed by atoms with Crippen molar-refractivity contribution in [3.8, 4) is 0 Å². The Labute approximate surface area is 74.7 Å². The van der Waals surface area contributed by atoms with E-state index in [9.17, 15) is 4.79 Å². The standard InChI is InChI=1S/C8H11IO/c1-8(9)5-2-3-7(10)6(8)4-5/h5-6H,2-4H2,1H3/t5-,6-,8?/m0/s1. The first-order valence-corrected chi connectivity index (χ1v) is 4.92. The summed E-state index contributed by atoms with van der Waals surface area (Å²) in [4.78, 5) is 11.2. The lowest BCUT2D eigenvalue weighted by Gasteiger charge is -2.53. The SMILES string of the molecule is CC1(I)[C@H]2CCC(=O)[C@@H]1C2. The number of alkyl halides is 1. The number of fused-ring (bicyclic) bond motifs is 2. The Kier molecular flexibility index (Phi) is 1.39. The summed E-state index contributed by atoms with van der Waals surface area (Å²) in [6.45, 7) is 2.23. The van der Waals surface area contributed by atoms with Gasteiger partial charge in [0.2, 0.25) is 0 Å². The van der Waals surface area contributed by atoms with Gasteiger partial charge < -0.3 is 0 Å². The Bertz CT molecular complexity index is 184. The van der Waals surface area contributed by atoms with Crippen LogP contribution in [-0.2, 0) is 4.79 Å². The molecule has 0 aromatic heterocycles. The fraction of sp³-hybridized carbons (Fsp3) is 0.875. The number of carbonyl (C=O) groups excluding carboxylic acids is 1. The number of Topliss-reactive ketones (excluding diaryl/α,β-unsaturated/α-hetero) is 1. The maximum atomic E-state index is 11.2. The van der Waals surface area contributed by atoms with E-state index in [4.69, 9.17) is 0 Å². The van der Waals surface area contributed by atoms with E-state index in [2.05, 4.69) is 29.5 Å². The summed E-state index contributed by atoms with van der Waals surface area (Å²) >= 11 is 2.46. The summed E-state index contributed by atoms with van der Waals surface area (Å²) in [7, 11) is 0. The molecule has 0 spiro atoms. The second-order valence-electron chi connectivity index (χ2n) is 3.64. The molecule has 0 N–H and O–H groups in total. The van der Waals surface area contributed by atoms with E-state index in [1.807, 2.05) is 0 Å². The molecule has 0 aliphatic heterocycles. The minimum absolute atomic E-state index is 0.326. The second-order valence-corrected chi connectivity index (χ2v) is 5.97. The third-order valence-electron chi connectivity index (χ3n) is 3.13. The van der Waals surface area contributed by atoms with Crippen LogP contribution >= 0.6 is 22.6 Å². The fourth-order valence-corrected chi connectivity index (χ4v) is 3.37. The summed E-state index contributed by atoms with van der Waals surface area (Å²) < 4.78 is 0.326. The number of hydrogen-bond acceptors (Lipinski definition) is 1. The van der Waals surface area contributed by atoms with Crippen LogP contribution in [-0.4, -0.2) is 9.20 Å². The molecule has 0 aromatic carbocycles. The van der Waals surface area contributed by atoms with Crippen LogP contribution in [0.4, 0.5) is 0 Å². The minimum Gasteiger partial charge on any atom is -0.299 e. The molecule has 0 amide bonds. The summed E-state index contributed by atoms with van der Waals surface area (Å²) in [5.74, 6) is 1.77. The van der Waals surface area contributed by atoms with Gasteiger partial charge in [-0.05, 0) is 25.7 Å². The predicted molar refractivity (Wildman–Crippen MR) is 48.3 cm³/mol. The molecule has 3 atom stereocenters. The maximum Gasteiger partial charge on any atom is 0.137 e. The van der Waals surface area contributed by atoms with Crippen LogP contribution in [0.2, 0.25) is 0 Å². The highest BCUT2D eigenvalue weighted by atomic mass is 127. The third kappa shape index (κ3) is 0.713. The number of rotatable bonds is 0. The largest absolute Gasteiger partial charge is 0.299 e. The lowest BCUT2D eigenvalue weighted by molar-refractivity contribution is -0.133. The Morgan fingerprint density at radius 2 is 2.40 bits per heavy atom. The van der Waals surface area contributed by atoms with E-state index < -0.39 is 0 Å². The normalized spacial score (nSPS) is 52.4. The maximum absolute atomic E-state index is 11.2. The zero-order valence-corrected chi connectivity index (χ0v) is 8.22. The first-order valence-electron chi connectivity index (χ1n) is 3.84. The molecule has 0 saturated heterocycles. The number of hydrogen-bond donors (Lipinski definition) is 0. The minimum atomic E-state index is 0.326. The molecule has 3 rings (SSSR count). The van der Waals surface area contributed by atoms with Gasteiger partial charge in [-0.15, -0.1) is 0 Å². The summed E-state index contributed by atoms with van der Waals surface area (Å²) in [6.07, 6.45) is 3.18. The van der Waals surface area contributed by atoms with Gasteiger partial charge in [0.15, 0.2) is 0 Å². The third-order valence-corrected chi connectivity index (χ3v) is 4.76. The van der Waals surface area contributed by atoms with Crippen molar-refractivity contribution < 1.29 is 4.79 Å². The van der Waals surface area contributed by atoms with Crippen molar-refractivity contribution in [1.82, 2.24) is 0 Å². The van der Waals surface area contributed by atoms with Crippen LogP contribution in [0, 0.1) is 11.8 Å². The van der Waals surface area contributed by atoms with Crippen molar-refractivity contribution >= 4 is 28.4 Å². The molecule has 0 heterocycles. The predicted octanol–water partition coefficient (Wildman–Crippen LogP) is 2.18. The molecule has 0 radical (unpaired) electrons. The quantitative estimate of drug-likeness (QED) is 0.475. The van der Waals surface area contributed by atoms with Gasteiger partial charge in [0, 0.05) is 15.8 Å². The van der Waals surface area contributed by atoms with E-state index in [1.165, 1.54) is 6.42 Å². The zero-order valence-electron chi connectivity index (χ0n) is 6.06. The van der Waals surface area contributed by atoms with Crippen LogP contribution in [0.25, 0.3) is 0 Å². The number of ketones is 1. The fourth-order valence-electron chi connectivity index (χ4n) is 2.21. The Balaban J connectivity index is 2.23. The van der Waals surface area contributed by atoms with Gasteiger partial charge in [0.1, 0.15) is 5.78 Å². The van der Waals surface area contributed by atoms with Crippen LogP contribution in [0.5, 0.6) is 0 Å². The summed E-state index contributed by atoms with van der Waals surface area (Å²) in [6, 6.07) is 0. The number of carbonyl (C=O) groups is 1. The first kappa shape index (κ1) is 7.07. The first-order chi connectivity index (χ1) is 4.62. The van der Waals surface area contributed by atoms with Gasteiger partial charge in [-0.1, -0.05) is 22.6 Å². The molecule has 56 valence electrons. The molecule has 3 saturated carbocycles. The van der Waals surface area contributed by atoms with E-state index in [0.717, 1.165) is 18.8 Å². The molecular formula is C8H11IO. The van der Waals surface area contributed by atoms with E-state index in [1.54, 1.807) is 0 Å². The van der Waals surface area contributed by atoms with Crippen LogP contribution in [0.15, 0.2) is 0 Å². The van der Waals surface area contributed by atoms with Crippen molar-refractivity contribution in [3.63, 3.8) is 0 Å². The highest BCUT2D eigenvalue weighted by Gasteiger charge is 2.55. The molecule has 3 fully saturated rings. The number of halogens is 1. The van der Waals surface area contributed by atoms with E-state index in [0.29, 0.717) is 15.1 Å². The molecule has 2 heteroatoms. The van der Waals surface area contributed by atoms with E-state index in [-0.39, 0.29) is 0 Å². The summed E-state index contributed by atoms with van der Waals surface area (Å²) in [5.41, 5.74) is 0. The van der Waals surface area contributed by atoms with Crippen LogP contribution in [0.1, 0.15) is 26.2 Å². The second kappa shape index (κ2) is 1.96. The Morgan fingerprint density at radius 1 is 1.70 bits per heavy atom. The van der Waals surface area contributed by atoms with Gasteiger partial charge in [0.25, 0.3) is 0 Å². The molecule has 0 aromatic rings. The van der Waals surface area contributed by atoms with Crippen LogP contribution in [0.3, 0.4) is 0 Å². The van der Waals surface area contributed by atoms with Crippen molar-refractivity contribution in [2.45, 2.75) is 29.6 Å². The molecular weight excluding hydrogens is 239 g/mol.